The molecule has 0 aliphatic carbocycles. The molecule has 0 unspecified atom stereocenters. The number of aliphatic imine (C=N–C) groups is 1. The average Bonchev–Trinajstić information content (AvgIpc) is 2.80. The number of hydrogen-bond donors (Lipinski definition) is 0. The summed E-state index contributed by atoms with van der Waals surface area (Å²) in [4.78, 5) is 3.94. The van der Waals surface area contributed by atoms with Crippen LogP contribution in [0.2, 0.25) is 0 Å². The van der Waals surface area contributed by atoms with Crippen LogP contribution < -0.4 is 0 Å². The molecule has 0 radical (unpaired) electrons. The van der Waals surface area contributed by atoms with Crippen molar-refractivity contribution in [3.8, 4) is 0 Å². The van der Waals surface area contributed by atoms with Crippen LogP contribution in [-0.4, -0.2) is 6.21 Å². The van der Waals surface area contributed by atoms with Gasteiger partial charge in [-0.3, -0.25) is 4.99 Å². The van der Waals surface area contributed by atoms with E-state index < -0.39 is 0 Å². The van der Waals surface area contributed by atoms with Crippen molar-refractivity contribution in [3.05, 3.63) is 73.4 Å². The van der Waals surface area contributed by atoms with E-state index in [9.17, 15) is 0 Å². The maximum absolute atomic E-state index is 5.23. The van der Waals surface area contributed by atoms with Gasteiger partial charge in [-0.15, -0.1) is 0 Å². The highest BCUT2D eigenvalue weighted by Crippen LogP contribution is 2.30. The van der Waals surface area contributed by atoms with Crippen LogP contribution in [0.4, 0.5) is 0 Å². The zero-order chi connectivity index (χ0) is 12.7. The fourth-order valence-electron chi connectivity index (χ4n) is 1.01. The van der Waals surface area contributed by atoms with Gasteiger partial charge in [0.15, 0.2) is 11.5 Å². The van der Waals surface area contributed by atoms with E-state index in [1.807, 2.05) is 0 Å². The molecule has 1 heterocycles. The van der Waals surface area contributed by atoms with Crippen molar-refractivity contribution in [2.45, 2.75) is 0 Å². The molecule has 0 saturated heterocycles. The molecule has 0 aromatic heterocycles. The third kappa shape index (κ3) is 3.53. The molecular weight excluding hydrogens is 234 g/mol. The van der Waals surface area contributed by atoms with Gasteiger partial charge >= 0.3 is 0 Å². The summed E-state index contributed by atoms with van der Waals surface area (Å²) in [7, 11) is 0. The summed E-state index contributed by atoms with van der Waals surface area (Å²) in [5, 5.41) is 0. The molecule has 4 heteroatoms. The normalized spacial score (nSPS) is 15.4. The molecule has 0 bridgehead atoms. The highest BCUT2D eigenvalue weighted by molar-refractivity contribution is 7.90. The SMILES string of the molecule is C=C/N=C\C(=C\C1=C(C=C)OSO1)C(=C)C=C. The maximum atomic E-state index is 5.23. The molecule has 1 aliphatic heterocycles. The van der Waals surface area contributed by atoms with Crippen molar-refractivity contribution >= 4 is 18.5 Å². The molecule has 17 heavy (non-hydrogen) atoms. The Morgan fingerprint density at radius 3 is 2.47 bits per heavy atom. The van der Waals surface area contributed by atoms with Crippen LogP contribution in [0.5, 0.6) is 0 Å². The molecule has 0 saturated carbocycles. The molecular formula is C13H13NO2S. The second kappa shape index (κ2) is 6.60. The van der Waals surface area contributed by atoms with Gasteiger partial charge in [-0.25, -0.2) is 0 Å². The third-order valence-corrected chi connectivity index (χ3v) is 2.39. The van der Waals surface area contributed by atoms with E-state index in [0.29, 0.717) is 11.5 Å². The van der Waals surface area contributed by atoms with Gasteiger partial charge in [0.2, 0.25) is 0 Å². The van der Waals surface area contributed by atoms with Crippen LogP contribution in [0.25, 0.3) is 0 Å². The van der Waals surface area contributed by atoms with Crippen LogP contribution in [0.15, 0.2) is 78.4 Å². The largest absolute Gasteiger partial charge is 0.387 e. The fourth-order valence-corrected chi connectivity index (χ4v) is 1.47. The smallest absolute Gasteiger partial charge is 0.293 e. The zero-order valence-corrected chi connectivity index (χ0v) is 10.2. The predicted molar refractivity (Wildman–Crippen MR) is 73.1 cm³/mol. The Morgan fingerprint density at radius 2 is 1.88 bits per heavy atom. The summed E-state index contributed by atoms with van der Waals surface area (Å²) in [6, 6.07) is 0. The van der Waals surface area contributed by atoms with Crippen molar-refractivity contribution < 1.29 is 8.37 Å². The van der Waals surface area contributed by atoms with Crippen LogP contribution in [0.1, 0.15) is 0 Å². The first-order valence-corrected chi connectivity index (χ1v) is 5.45. The molecule has 0 amide bonds. The van der Waals surface area contributed by atoms with E-state index in [1.54, 1.807) is 24.4 Å². The predicted octanol–water partition coefficient (Wildman–Crippen LogP) is 3.88. The quantitative estimate of drug-likeness (QED) is 0.405. The first-order chi connectivity index (χ1) is 8.22. The van der Waals surface area contributed by atoms with Crippen LogP contribution in [0.3, 0.4) is 0 Å². The van der Waals surface area contributed by atoms with E-state index in [2.05, 4.69) is 31.3 Å². The highest BCUT2D eigenvalue weighted by atomic mass is 32.2. The first-order valence-electron chi connectivity index (χ1n) is 4.78. The lowest BCUT2D eigenvalue weighted by Crippen LogP contribution is -1.90. The third-order valence-electron chi connectivity index (χ3n) is 1.90. The molecule has 3 nitrogen and oxygen atoms in total. The minimum atomic E-state index is 0.566. The number of rotatable bonds is 6. The summed E-state index contributed by atoms with van der Waals surface area (Å²) in [6.45, 7) is 14.7. The minimum absolute atomic E-state index is 0.566. The second-order valence-electron chi connectivity index (χ2n) is 2.96. The minimum Gasteiger partial charge on any atom is -0.387 e. The Labute approximate surface area is 106 Å². The molecule has 0 aromatic rings. The first kappa shape index (κ1) is 13.1. The standard InChI is InChI=1S/C13H13NO2S/c1-5-10(4)11(9-14-7-3)8-13-12(6-2)15-17-16-13/h5-9H,1-4H2/b11-8-,14-9-. The Morgan fingerprint density at radius 1 is 1.18 bits per heavy atom. The Bertz CT molecular complexity index is 444. The Balaban J connectivity index is 3.08. The molecule has 0 spiro atoms. The molecule has 0 fully saturated rings. The van der Waals surface area contributed by atoms with Gasteiger partial charge in [0.05, 0.1) is 0 Å². The van der Waals surface area contributed by atoms with E-state index >= 15 is 0 Å². The van der Waals surface area contributed by atoms with Gasteiger partial charge in [-0.05, 0) is 17.7 Å². The van der Waals surface area contributed by atoms with Crippen molar-refractivity contribution in [2.75, 3.05) is 0 Å². The number of allylic oxidation sites excluding steroid dienone is 5. The Kier molecular flexibility index (Phi) is 5.10. The van der Waals surface area contributed by atoms with E-state index in [1.165, 1.54) is 6.20 Å². The topological polar surface area (TPSA) is 30.8 Å². The molecule has 0 atom stereocenters. The Hall–Kier alpha value is -1.94. The van der Waals surface area contributed by atoms with E-state index in [4.69, 9.17) is 8.37 Å². The van der Waals surface area contributed by atoms with Gasteiger partial charge in [0, 0.05) is 18.0 Å². The lowest BCUT2D eigenvalue weighted by molar-refractivity contribution is 0.506. The van der Waals surface area contributed by atoms with Gasteiger partial charge in [-0.2, -0.15) is 0 Å². The number of hydrogen-bond acceptors (Lipinski definition) is 4. The summed E-state index contributed by atoms with van der Waals surface area (Å²) in [5.41, 5.74) is 1.49. The fraction of sp³-hybridized carbons (Fsp3) is 0. The molecule has 88 valence electrons. The number of nitrogens with zero attached hydrogens (tertiary/aromatic N) is 1. The van der Waals surface area contributed by atoms with Crippen LogP contribution in [0, 0.1) is 0 Å². The van der Waals surface area contributed by atoms with Crippen molar-refractivity contribution in [3.63, 3.8) is 0 Å². The monoisotopic (exact) mass is 247 g/mol. The molecule has 1 rings (SSSR count). The van der Waals surface area contributed by atoms with Crippen molar-refractivity contribution in [2.24, 2.45) is 4.99 Å². The molecule has 0 N–H and O–H groups in total. The highest BCUT2D eigenvalue weighted by Gasteiger charge is 2.16. The average molecular weight is 247 g/mol. The zero-order valence-electron chi connectivity index (χ0n) is 9.39. The molecule has 0 aromatic carbocycles. The summed E-state index contributed by atoms with van der Waals surface area (Å²) in [5.74, 6) is 1.13. The van der Waals surface area contributed by atoms with Crippen molar-refractivity contribution in [1.82, 2.24) is 0 Å². The van der Waals surface area contributed by atoms with Gasteiger partial charge in [-0.1, -0.05) is 32.4 Å². The van der Waals surface area contributed by atoms with E-state index in [0.717, 1.165) is 23.5 Å². The summed E-state index contributed by atoms with van der Waals surface area (Å²) in [6.07, 6.45) is 8.03. The second-order valence-corrected chi connectivity index (χ2v) is 3.43. The van der Waals surface area contributed by atoms with Gasteiger partial charge in [0.25, 0.3) is 12.3 Å². The summed E-state index contributed by atoms with van der Waals surface area (Å²) < 4.78 is 10.3. The van der Waals surface area contributed by atoms with E-state index in [-0.39, 0.29) is 0 Å². The van der Waals surface area contributed by atoms with Gasteiger partial charge < -0.3 is 8.37 Å². The van der Waals surface area contributed by atoms with Crippen molar-refractivity contribution in [1.29, 1.82) is 0 Å². The van der Waals surface area contributed by atoms with Crippen LogP contribution >= 0.6 is 12.3 Å². The lowest BCUT2D eigenvalue weighted by atomic mass is 10.1. The maximum Gasteiger partial charge on any atom is 0.293 e. The summed E-state index contributed by atoms with van der Waals surface area (Å²) >= 11 is 0.890. The molecule has 1 aliphatic rings. The van der Waals surface area contributed by atoms with Gasteiger partial charge in [0.1, 0.15) is 0 Å². The van der Waals surface area contributed by atoms with Crippen LogP contribution in [-0.2, 0) is 8.37 Å². The lowest BCUT2D eigenvalue weighted by Gasteiger charge is -2.00.